The predicted molar refractivity (Wildman–Crippen MR) is 76.7 cm³/mol. The van der Waals surface area contributed by atoms with E-state index in [1.54, 1.807) is 17.5 Å². The Morgan fingerprint density at radius 2 is 2.24 bits per heavy atom. The zero-order valence-corrected chi connectivity index (χ0v) is 12.3. The fraction of sp³-hybridized carbons (Fsp3) is 0.250. The summed E-state index contributed by atoms with van der Waals surface area (Å²) in [6.45, 7) is 1.79. The maximum atomic E-state index is 5.87. The number of pyridine rings is 1. The minimum absolute atomic E-state index is 0.839. The second-order valence-electron chi connectivity index (χ2n) is 3.64. The number of nitrogens with zero attached hydrogens (tertiary/aromatic N) is 1. The highest BCUT2D eigenvalue weighted by Gasteiger charge is 1.98. The average Bonchev–Trinajstić information content (AvgIpc) is 2.71. The Balaban J connectivity index is 1.73. The van der Waals surface area contributed by atoms with E-state index >= 15 is 0 Å². The molecule has 17 heavy (non-hydrogen) atoms. The number of hydrogen-bond acceptors (Lipinski definition) is 3. The minimum atomic E-state index is 0.839. The van der Waals surface area contributed by atoms with Gasteiger partial charge in [0.05, 0.1) is 4.34 Å². The van der Waals surface area contributed by atoms with E-state index in [0.717, 1.165) is 28.3 Å². The van der Waals surface area contributed by atoms with Crippen molar-refractivity contribution < 1.29 is 0 Å². The van der Waals surface area contributed by atoms with E-state index in [9.17, 15) is 0 Å². The van der Waals surface area contributed by atoms with Crippen molar-refractivity contribution in [2.75, 3.05) is 6.54 Å². The van der Waals surface area contributed by atoms with Crippen LogP contribution in [0.2, 0.25) is 4.34 Å². The van der Waals surface area contributed by atoms with Gasteiger partial charge in [-0.15, -0.1) is 11.3 Å². The molecule has 0 unspecified atom stereocenters. The fourth-order valence-corrected chi connectivity index (χ4v) is 2.98. The molecule has 0 aliphatic heterocycles. The lowest BCUT2D eigenvalue weighted by Gasteiger charge is -2.03. The van der Waals surface area contributed by atoms with Crippen LogP contribution in [0.5, 0.6) is 0 Å². The maximum absolute atomic E-state index is 5.87. The number of thiophene rings is 1. The summed E-state index contributed by atoms with van der Waals surface area (Å²) in [5.74, 6) is 0. The van der Waals surface area contributed by atoms with E-state index < -0.39 is 0 Å². The molecule has 5 heteroatoms. The van der Waals surface area contributed by atoms with Crippen LogP contribution in [0.1, 0.15) is 10.4 Å². The Morgan fingerprint density at radius 1 is 1.35 bits per heavy atom. The zero-order valence-electron chi connectivity index (χ0n) is 9.12. The lowest BCUT2D eigenvalue weighted by molar-refractivity contribution is 0.688. The van der Waals surface area contributed by atoms with Gasteiger partial charge in [0.25, 0.3) is 0 Å². The summed E-state index contributed by atoms with van der Waals surface area (Å²) >= 11 is 10.9. The quantitative estimate of drug-likeness (QED) is 0.841. The van der Waals surface area contributed by atoms with Crippen LogP contribution in [-0.2, 0) is 13.0 Å². The van der Waals surface area contributed by atoms with Crippen molar-refractivity contribution in [3.8, 4) is 0 Å². The molecule has 2 aromatic heterocycles. The summed E-state index contributed by atoms with van der Waals surface area (Å²) in [6.07, 6.45) is 4.68. The molecular weight excluding hydrogens is 320 g/mol. The van der Waals surface area contributed by atoms with Crippen molar-refractivity contribution in [3.05, 3.63) is 49.8 Å². The lowest BCUT2D eigenvalue weighted by atomic mass is 10.3. The molecule has 2 aromatic rings. The molecule has 90 valence electrons. The highest BCUT2D eigenvalue weighted by atomic mass is 79.9. The molecule has 1 N–H and O–H groups in total. The molecule has 0 amide bonds. The summed E-state index contributed by atoms with van der Waals surface area (Å²) < 4.78 is 1.87. The normalized spacial score (nSPS) is 10.7. The Morgan fingerprint density at radius 3 is 2.94 bits per heavy atom. The van der Waals surface area contributed by atoms with Gasteiger partial charge in [0, 0.05) is 34.8 Å². The summed E-state index contributed by atoms with van der Waals surface area (Å²) in [6, 6.07) is 6.09. The molecule has 0 atom stereocenters. The first-order chi connectivity index (χ1) is 8.24. The smallest absolute Gasteiger partial charge is 0.0931 e. The minimum Gasteiger partial charge on any atom is -0.312 e. The molecule has 0 aliphatic rings. The molecular formula is C12H12BrClN2S. The lowest BCUT2D eigenvalue weighted by Crippen LogP contribution is -2.16. The second-order valence-corrected chi connectivity index (χ2v) is 6.36. The number of halogens is 2. The molecule has 0 radical (unpaired) electrons. The van der Waals surface area contributed by atoms with E-state index in [1.165, 1.54) is 10.4 Å². The van der Waals surface area contributed by atoms with Gasteiger partial charge in [-0.2, -0.15) is 0 Å². The molecule has 0 saturated carbocycles. The van der Waals surface area contributed by atoms with Crippen LogP contribution < -0.4 is 5.32 Å². The van der Waals surface area contributed by atoms with Crippen molar-refractivity contribution in [3.63, 3.8) is 0 Å². The molecule has 0 aliphatic carbocycles. The third-order valence-electron chi connectivity index (χ3n) is 2.27. The number of hydrogen-bond donors (Lipinski definition) is 1. The zero-order chi connectivity index (χ0) is 12.1. The third kappa shape index (κ3) is 4.39. The van der Waals surface area contributed by atoms with Crippen molar-refractivity contribution >= 4 is 38.9 Å². The molecule has 0 fully saturated rings. The van der Waals surface area contributed by atoms with Gasteiger partial charge in [-0.05, 0) is 46.1 Å². The van der Waals surface area contributed by atoms with Gasteiger partial charge in [0.1, 0.15) is 0 Å². The van der Waals surface area contributed by atoms with E-state index in [1.807, 2.05) is 12.3 Å². The van der Waals surface area contributed by atoms with Crippen LogP contribution in [0.4, 0.5) is 0 Å². The molecule has 2 nitrogen and oxygen atoms in total. The third-order valence-corrected chi connectivity index (χ3v) is 3.99. The van der Waals surface area contributed by atoms with Crippen LogP contribution in [0.3, 0.4) is 0 Å². The van der Waals surface area contributed by atoms with Gasteiger partial charge in [-0.1, -0.05) is 11.6 Å². The molecule has 2 heterocycles. The van der Waals surface area contributed by atoms with Gasteiger partial charge in [-0.3, -0.25) is 4.98 Å². The molecule has 0 saturated heterocycles. The topological polar surface area (TPSA) is 24.9 Å². The average molecular weight is 332 g/mol. The first-order valence-corrected chi connectivity index (χ1v) is 7.27. The Hall–Kier alpha value is -0.420. The summed E-state index contributed by atoms with van der Waals surface area (Å²) in [5.41, 5.74) is 1.18. The highest BCUT2D eigenvalue weighted by molar-refractivity contribution is 9.10. The van der Waals surface area contributed by atoms with Gasteiger partial charge in [0.2, 0.25) is 0 Å². The van der Waals surface area contributed by atoms with Crippen LogP contribution in [0.25, 0.3) is 0 Å². The van der Waals surface area contributed by atoms with Crippen molar-refractivity contribution in [1.29, 1.82) is 0 Å². The standard InChI is InChI=1S/C12H12BrClN2S/c13-10-5-9(7-16-8-10)6-15-4-3-11-1-2-12(14)17-11/h1-2,5,7-8,15H,3-4,6H2. The van der Waals surface area contributed by atoms with Gasteiger partial charge in [-0.25, -0.2) is 0 Å². The van der Waals surface area contributed by atoms with E-state index in [0.29, 0.717) is 0 Å². The highest BCUT2D eigenvalue weighted by Crippen LogP contribution is 2.21. The summed E-state index contributed by atoms with van der Waals surface area (Å²) in [4.78, 5) is 5.44. The summed E-state index contributed by atoms with van der Waals surface area (Å²) in [7, 11) is 0. The largest absolute Gasteiger partial charge is 0.312 e. The van der Waals surface area contributed by atoms with Crippen LogP contribution >= 0.6 is 38.9 Å². The maximum Gasteiger partial charge on any atom is 0.0931 e. The Labute approximate surface area is 118 Å². The van der Waals surface area contributed by atoms with E-state index in [2.05, 4.69) is 38.4 Å². The second kappa shape index (κ2) is 6.50. The first-order valence-electron chi connectivity index (χ1n) is 5.28. The Kier molecular flexibility index (Phi) is 4.98. The molecule has 0 bridgehead atoms. The number of rotatable bonds is 5. The van der Waals surface area contributed by atoms with E-state index in [4.69, 9.17) is 11.6 Å². The molecule has 2 rings (SSSR count). The monoisotopic (exact) mass is 330 g/mol. The summed E-state index contributed by atoms with van der Waals surface area (Å²) in [5, 5.41) is 3.39. The number of nitrogens with one attached hydrogen (secondary N) is 1. The Bertz CT molecular complexity index is 487. The molecule has 0 spiro atoms. The van der Waals surface area contributed by atoms with Gasteiger partial charge >= 0.3 is 0 Å². The first kappa shape index (κ1) is 13.0. The van der Waals surface area contributed by atoms with Crippen molar-refractivity contribution in [2.24, 2.45) is 0 Å². The van der Waals surface area contributed by atoms with Crippen LogP contribution in [-0.4, -0.2) is 11.5 Å². The van der Waals surface area contributed by atoms with Crippen LogP contribution in [0.15, 0.2) is 35.1 Å². The van der Waals surface area contributed by atoms with Crippen molar-refractivity contribution in [2.45, 2.75) is 13.0 Å². The van der Waals surface area contributed by atoms with E-state index in [-0.39, 0.29) is 0 Å². The number of aromatic nitrogens is 1. The molecule has 0 aromatic carbocycles. The van der Waals surface area contributed by atoms with Crippen molar-refractivity contribution in [1.82, 2.24) is 10.3 Å². The fourth-order valence-electron chi connectivity index (χ4n) is 1.48. The van der Waals surface area contributed by atoms with Gasteiger partial charge in [0.15, 0.2) is 0 Å². The van der Waals surface area contributed by atoms with Gasteiger partial charge < -0.3 is 5.32 Å². The predicted octanol–water partition coefficient (Wildman–Crippen LogP) is 3.89. The van der Waals surface area contributed by atoms with Crippen LogP contribution in [0, 0.1) is 0 Å². The SMILES string of the molecule is Clc1ccc(CCNCc2cncc(Br)c2)s1.